The molecule has 2 aromatic carbocycles. The maximum Gasteiger partial charge on any atom is 0.254 e. The second kappa shape index (κ2) is 8.31. The van der Waals surface area contributed by atoms with Crippen molar-refractivity contribution in [3.63, 3.8) is 0 Å². The van der Waals surface area contributed by atoms with Gasteiger partial charge in [-0.05, 0) is 54.3 Å². The molecule has 8 heteroatoms. The molecule has 2 aliphatic heterocycles. The van der Waals surface area contributed by atoms with Crippen LogP contribution in [0, 0.1) is 0 Å². The zero-order valence-corrected chi connectivity index (χ0v) is 16.7. The van der Waals surface area contributed by atoms with Crippen molar-refractivity contribution in [3.8, 4) is 22.5 Å². The lowest BCUT2D eigenvalue weighted by atomic mass is 10.0. The number of aromatic nitrogens is 4. The van der Waals surface area contributed by atoms with Crippen LogP contribution in [-0.4, -0.2) is 56.6 Å². The minimum Gasteiger partial charge on any atom is -0.331 e. The number of rotatable bonds is 3. The largest absolute Gasteiger partial charge is 0.331 e. The van der Waals surface area contributed by atoms with Crippen LogP contribution >= 0.6 is 12.4 Å². The van der Waals surface area contributed by atoms with E-state index in [0.717, 1.165) is 54.6 Å². The quantitative estimate of drug-likeness (QED) is 0.693. The number of H-pyrrole nitrogens is 1. The fraction of sp³-hybridized carbons (Fsp3) is 0.333. The van der Waals surface area contributed by atoms with Gasteiger partial charge in [0.2, 0.25) is 5.82 Å². The number of halogens is 1. The van der Waals surface area contributed by atoms with Crippen LogP contribution in [0.1, 0.15) is 29.6 Å². The lowest BCUT2D eigenvalue weighted by molar-refractivity contribution is 0.0680. The summed E-state index contributed by atoms with van der Waals surface area (Å²) in [6, 6.07) is 16.7. The Kier molecular flexibility index (Phi) is 5.60. The van der Waals surface area contributed by atoms with E-state index in [2.05, 4.69) is 30.8 Å². The van der Waals surface area contributed by atoms with Crippen LogP contribution in [0.5, 0.6) is 0 Å². The number of hydrogen-bond acceptors (Lipinski definition) is 5. The molecule has 2 saturated heterocycles. The summed E-state index contributed by atoms with van der Waals surface area (Å²) < 4.78 is 0. The van der Waals surface area contributed by atoms with E-state index in [1.807, 2.05) is 48.5 Å². The number of fused-ring (bicyclic) bond motifs is 2. The summed E-state index contributed by atoms with van der Waals surface area (Å²) in [5.74, 6) is 0.740. The molecule has 29 heavy (non-hydrogen) atoms. The number of aromatic amines is 1. The number of hydrogen-bond donors (Lipinski definition) is 2. The van der Waals surface area contributed by atoms with Crippen molar-refractivity contribution in [2.75, 3.05) is 13.1 Å². The zero-order valence-electron chi connectivity index (χ0n) is 15.9. The summed E-state index contributed by atoms with van der Waals surface area (Å²) in [6.45, 7) is 1.91. The zero-order chi connectivity index (χ0) is 18.9. The van der Waals surface area contributed by atoms with Crippen molar-refractivity contribution in [1.82, 2.24) is 30.8 Å². The van der Waals surface area contributed by atoms with Gasteiger partial charge in [-0.15, -0.1) is 22.6 Å². The third-order valence-electron chi connectivity index (χ3n) is 5.84. The van der Waals surface area contributed by atoms with Gasteiger partial charge in [0, 0.05) is 29.8 Å². The van der Waals surface area contributed by atoms with Gasteiger partial charge in [0.1, 0.15) is 0 Å². The molecule has 5 rings (SSSR count). The summed E-state index contributed by atoms with van der Waals surface area (Å²) >= 11 is 0. The predicted octanol–water partition coefficient (Wildman–Crippen LogP) is 2.92. The number of benzene rings is 2. The first-order valence-corrected chi connectivity index (χ1v) is 9.77. The van der Waals surface area contributed by atoms with Gasteiger partial charge in [0.15, 0.2) is 0 Å². The van der Waals surface area contributed by atoms with Crippen molar-refractivity contribution >= 4 is 18.3 Å². The molecule has 2 N–H and O–H groups in total. The van der Waals surface area contributed by atoms with Crippen molar-refractivity contribution < 1.29 is 4.79 Å². The monoisotopic (exact) mass is 410 g/mol. The van der Waals surface area contributed by atoms with E-state index in [0.29, 0.717) is 17.9 Å². The van der Waals surface area contributed by atoms with Crippen LogP contribution in [0.2, 0.25) is 0 Å². The molecule has 1 aromatic heterocycles. The van der Waals surface area contributed by atoms with E-state index in [1.54, 1.807) is 0 Å². The van der Waals surface area contributed by atoms with E-state index in [-0.39, 0.29) is 18.3 Å². The topological polar surface area (TPSA) is 86.8 Å². The summed E-state index contributed by atoms with van der Waals surface area (Å²) in [5, 5.41) is 17.5. The van der Waals surface area contributed by atoms with E-state index < -0.39 is 0 Å². The summed E-state index contributed by atoms with van der Waals surface area (Å²) in [5.41, 5.74) is 3.85. The van der Waals surface area contributed by atoms with E-state index in [1.165, 1.54) is 0 Å². The van der Waals surface area contributed by atoms with Gasteiger partial charge in [-0.3, -0.25) is 4.79 Å². The molecule has 3 aromatic rings. The predicted molar refractivity (Wildman–Crippen MR) is 113 cm³/mol. The van der Waals surface area contributed by atoms with E-state index in [4.69, 9.17) is 0 Å². The first kappa shape index (κ1) is 19.5. The molecule has 2 aliphatic rings. The Bertz CT molecular complexity index is 944. The molecule has 2 fully saturated rings. The fourth-order valence-electron chi connectivity index (χ4n) is 4.36. The second-order valence-corrected chi connectivity index (χ2v) is 7.48. The van der Waals surface area contributed by atoms with E-state index in [9.17, 15) is 4.79 Å². The van der Waals surface area contributed by atoms with Crippen LogP contribution in [-0.2, 0) is 0 Å². The normalized spacial score (nSPS) is 20.8. The lowest BCUT2D eigenvalue weighted by Crippen LogP contribution is -2.42. The van der Waals surface area contributed by atoms with Gasteiger partial charge in [-0.1, -0.05) is 36.4 Å². The molecule has 150 valence electrons. The number of tetrazole rings is 1. The van der Waals surface area contributed by atoms with Crippen LogP contribution < -0.4 is 5.32 Å². The molecule has 7 nitrogen and oxygen atoms in total. The van der Waals surface area contributed by atoms with Crippen molar-refractivity contribution in [3.05, 3.63) is 54.1 Å². The summed E-state index contributed by atoms with van der Waals surface area (Å²) in [7, 11) is 0. The molecule has 0 radical (unpaired) electrons. The van der Waals surface area contributed by atoms with E-state index >= 15 is 0 Å². The van der Waals surface area contributed by atoms with Crippen molar-refractivity contribution in [2.45, 2.75) is 31.3 Å². The van der Waals surface area contributed by atoms with Gasteiger partial charge in [-0.25, -0.2) is 0 Å². The molecule has 1 amide bonds. The highest BCUT2D eigenvalue weighted by Gasteiger charge is 2.38. The molecule has 0 unspecified atom stereocenters. The number of carbonyl (C=O) groups is 1. The van der Waals surface area contributed by atoms with Gasteiger partial charge in [0.25, 0.3) is 5.91 Å². The van der Waals surface area contributed by atoms with Crippen molar-refractivity contribution in [2.24, 2.45) is 0 Å². The minimum absolute atomic E-state index is 0. The van der Waals surface area contributed by atoms with Crippen LogP contribution in [0.4, 0.5) is 0 Å². The molecule has 0 saturated carbocycles. The maximum atomic E-state index is 13.1. The van der Waals surface area contributed by atoms with Gasteiger partial charge in [0.05, 0.1) is 0 Å². The first-order chi connectivity index (χ1) is 13.8. The summed E-state index contributed by atoms with van der Waals surface area (Å²) in [4.78, 5) is 15.2. The first-order valence-electron chi connectivity index (χ1n) is 9.77. The number of amides is 1. The third kappa shape index (κ3) is 3.75. The number of nitrogens with zero attached hydrogens (tertiary/aromatic N) is 4. The van der Waals surface area contributed by atoms with Gasteiger partial charge >= 0.3 is 0 Å². The fourth-order valence-corrected chi connectivity index (χ4v) is 4.36. The highest BCUT2D eigenvalue weighted by Crippen LogP contribution is 2.30. The smallest absolute Gasteiger partial charge is 0.254 e. The lowest BCUT2D eigenvalue weighted by Gasteiger charge is -2.28. The highest BCUT2D eigenvalue weighted by molar-refractivity contribution is 5.95. The molecular weight excluding hydrogens is 388 g/mol. The van der Waals surface area contributed by atoms with Crippen LogP contribution in [0.3, 0.4) is 0 Å². The molecule has 0 spiro atoms. The number of nitrogens with one attached hydrogen (secondary N) is 2. The number of carbonyl (C=O) groups excluding carboxylic acids is 1. The Morgan fingerprint density at radius 3 is 2.24 bits per heavy atom. The maximum absolute atomic E-state index is 13.1. The van der Waals surface area contributed by atoms with Crippen LogP contribution in [0.25, 0.3) is 22.5 Å². The van der Waals surface area contributed by atoms with Gasteiger partial charge < -0.3 is 10.2 Å². The Hall–Kier alpha value is -2.77. The Morgan fingerprint density at radius 2 is 1.55 bits per heavy atom. The average Bonchev–Trinajstić information content (AvgIpc) is 3.35. The molecule has 0 aliphatic carbocycles. The third-order valence-corrected chi connectivity index (χ3v) is 5.84. The van der Waals surface area contributed by atoms with Gasteiger partial charge in [-0.2, -0.15) is 5.21 Å². The SMILES string of the molecule is Cl.O=C(c1ccc(-c2ccc(-c3nn[nH]n3)cc2)cc1)N1[C@H]2CCNC[C@@H]1CC2. The summed E-state index contributed by atoms with van der Waals surface area (Å²) in [6.07, 6.45) is 3.28. The van der Waals surface area contributed by atoms with Crippen LogP contribution in [0.15, 0.2) is 48.5 Å². The molecule has 2 bridgehead atoms. The standard InChI is InChI=1S/C21H22N6O.ClH/c28-21(27-18-9-10-19(27)13-22-12-11-18)17-7-3-15(4-8-17)14-1-5-16(6-2-14)20-23-25-26-24-20;/h1-8,18-19,22H,9-13H2,(H,23,24,25,26);1H/t18-,19+;/m1./s1. The Morgan fingerprint density at radius 1 is 0.897 bits per heavy atom. The van der Waals surface area contributed by atoms with Crippen molar-refractivity contribution in [1.29, 1.82) is 0 Å². The Labute approximate surface area is 175 Å². The average molecular weight is 411 g/mol. The molecule has 2 atom stereocenters. The molecular formula is C21H23ClN6O. The molecule has 3 heterocycles. The highest BCUT2D eigenvalue weighted by atomic mass is 35.5. The Balaban J connectivity index is 0.00000205. The second-order valence-electron chi connectivity index (χ2n) is 7.48. The minimum atomic E-state index is 0.